The third-order valence-corrected chi connectivity index (χ3v) is 4.96. The standard InChI is InChI=1S/C21H32N2O3/c1-4-6-7-8-9-14-21(25)26-22-18-15-16(3)23(20(24)5-2)19-13-11-10-12-17(18)19/h10-13,16,18,22H,4-9,14-15H2,1-3H3. The summed E-state index contributed by atoms with van der Waals surface area (Å²) in [4.78, 5) is 31.5. The molecule has 26 heavy (non-hydrogen) atoms. The summed E-state index contributed by atoms with van der Waals surface area (Å²) in [6.07, 6.45) is 7.17. The van der Waals surface area contributed by atoms with Gasteiger partial charge in [-0.1, -0.05) is 57.7 Å². The van der Waals surface area contributed by atoms with Gasteiger partial charge < -0.3 is 9.74 Å². The predicted molar refractivity (Wildman–Crippen MR) is 104 cm³/mol. The molecule has 1 aliphatic rings. The van der Waals surface area contributed by atoms with Crippen LogP contribution in [-0.2, 0) is 14.4 Å². The number of amides is 1. The van der Waals surface area contributed by atoms with Gasteiger partial charge in [0.25, 0.3) is 0 Å². The normalized spacial score (nSPS) is 19.1. The number of nitrogens with one attached hydrogen (secondary N) is 1. The summed E-state index contributed by atoms with van der Waals surface area (Å²) >= 11 is 0. The zero-order chi connectivity index (χ0) is 18.9. The second-order valence-corrected chi connectivity index (χ2v) is 7.07. The third kappa shape index (κ3) is 5.31. The van der Waals surface area contributed by atoms with Gasteiger partial charge in [0.15, 0.2) is 0 Å². The van der Waals surface area contributed by atoms with Crippen LogP contribution in [0.5, 0.6) is 0 Å². The Kier molecular flexibility index (Phi) is 8.10. The SMILES string of the molecule is CCCCCCCC(=O)ONC1CC(C)N(C(=O)CC)c2ccccc21. The number of anilines is 1. The van der Waals surface area contributed by atoms with Crippen LogP contribution in [0.15, 0.2) is 24.3 Å². The summed E-state index contributed by atoms with van der Waals surface area (Å²) in [6.45, 7) is 6.09. The number of unbranched alkanes of at least 4 members (excludes halogenated alkanes) is 4. The number of benzene rings is 1. The van der Waals surface area contributed by atoms with E-state index >= 15 is 0 Å². The summed E-state index contributed by atoms with van der Waals surface area (Å²) in [6, 6.07) is 7.81. The molecule has 0 fully saturated rings. The lowest BCUT2D eigenvalue weighted by Gasteiger charge is -2.39. The fourth-order valence-electron chi connectivity index (χ4n) is 3.54. The van der Waals surface area contributed by atoms with Gasteiger partial charge in [0.05, 0.1) is 6.04 Å². The van der Waals surface area contributed by atoms with Crippen LogP contribution in [-0.4, -0.2) is 17.9 Å². The van der Waals surface area contributed by atoms with Crippen molar-refractivity contribution in [3.63, 3.8) is 0 Å². The van der Waals surface area contributed by atoms with Gasteiger partial charge in [0.1, 0.15) is 0 Å². The van der Waals surface area contributed by atoms with Crippen molar-refractivity contribution in [3.05, 3.63) is 29.8 Å². The third-order valence-electron chi connectivity index (χ3n) is 4.96. The molecule has 144 valence electrons. The molecule has 0 aliphatic carbocycles. The fraction of sp³-hybridized carbons (Fsp3) is 0.619. The molecule has 0 radical (unpaired) electrons. The van der Waals surface area contributed by atoms with E-state index in [1.165, 1.54) is 19.3 Å². The number of carbonyl (C=O) groups is 2. The second-order valence-electron chi connectivity index (χ2n) is 7.07. The monoisotopic (exact) mass is 360 g/mol. The fourth-order valence-corrected chi connectivity index (χ4v) is 3.54. The van der Waals surface area contributed by atoms with Gasteiger partial charge >= 0.3 is 5.97 Å². The van der Waals surface area contributed by atoms with Gasteiger partial charge in [-0.2, -0.15) is 0 Å². The largest absolute Gasteiger partial charge is 0.370 e. The van der Waals surface area contributed by atoms with Crippen molar-refractivity contribution in [2.45, 2.75) is 84.2 Å². The highest BCUT2D eigenvalue weighted by atomic mass is 16.7. The van der Waals surface area contributed by atoms with E-state index in [9.17, 15) is 9.59 Å². The van der Waals surface area contributed by atoms with E-state index in [2.05, 4.69) is 12.4 Å². The summed E-state index contributed by atoms with van der Waals surface area (Å²) in [5.41, 5.74) is 4.86. The van der Waals surface area contributed by atoms with Crippen molar-refractivity contribution >= 4 is 17.6 Å². The van der Waals surface area contributed by atoms with Crippen LogP contribution in [0.4, 0.5) is 5.69 Å². The number of carbonyl (C=O) groups excluding carboxylic acids is 2. The summed E-state index contributed by atoms with van der Waals surface area (Å²) in [5.74, 6) is -0.0915. The van der Waals surface area contributed by atoms with E-state index in [0.717, 1.165) is 24.1 Å². The van der Waals surface area contributed by atoms with Crippen molar-refractivity contribution in [1.82, 2.24) is 5.48 Å². The van der Waals surface area contributed by atoms with Crippen LogP contribution in [0.2, 0.25) is 0 Å². The van der Waals surface area contributed by atoms with Gasteiger partial charge in [-0.15, -0.1) is 5.48 Å². The Morgan fingerprint density at radius 3 is 2.62 bits per heavy atom. The lowest BCUT2D eigenvalue weighted by Crippen LogP contribution is -2.45. The maximum Gasteiger partial charge on any atom is 0.324 e. The topological polar surface area (TPSA) is 58.6 Å². The molecule has 2 unspecified atom stereocenters. The first-order chi connectivity index (χ1) is 12.6. The Labute approximate surface area is 157 Å². The Bertz CT molecular complexity index is 603. The molecule has 1 amide bonds. The first-order valence-electron chi connectivity index (χ1n) is 9.94. The molecule has 1 heterocycles. The number of hydroxylamine groups is 1. The van der Waals surface area contributed by atoms with Crippen molar-refractivity contribution in [2.75, 3.05) is 4.90 Å². The van der Waals surface area contributed by atoms with Gasteiger partial charge in [0, 0.05) is 24.6 Å². The second kappa shape index (κ2) is 10.3. The molecule has 2 atom stereocenters. The average Bonchev–Trinajstić information content (AvgIpc) is 2.65. The predicted octanol–water partition coefficient (Wildman–Crippen LogP) is 4.67. The molecule has 1 aromatic carbocycles. The molecule has 0 saturated carbocycles. The van der Waals surface area contributed by atoms with Crippen molar-refractivity contribution in [1.29, 1.82) is 0 Å². The average molecular weight is 360 g/mol. The molecule has 1 aromatic rings. The van der Waals surface area contributed by atoms with E-state index in [-0.39, 0.29) is 24.0 Å². The molecule has 0 spiro atoms. The zero-order valence-corrected chi connectivity index (χ0v) is 16.3. The van der Waals surface area contributed by atoms with Gasteiger partial charge in [-0.3, -0.25) is 9.59 Å². The number of fused-ring (bicyclic) bond motifs is 1. The summed E-state index contributed by atoms with van der Waals surface area (Å²) in [7, 11) is 0. The molecule has 0 saturated heterocycles. The number of para-hydroxylation sites is 1. The van der Waals surface area contributed by atoms with E-state index in [1.54, 1.807) is 0 Å². The van der Waals surface area contributed by atoms with Crippen LogP contribution in [0.1, 0.15) is 83.7 Å². The zero-order valence-electron chi connectivity index (χ0n) is 16.3. The molecule has 0 bridgehead atoms. The molecule has 0 aromatic heterocycles. The minimum atomic E-state index is -0.210. The van der Waals surface area contributed by atoms with E-state index < -0.39 is 0 Å². The minimum Gasteiger partial charge on any atom is -0.370 e. The first kappa shape index (κ1) is 20.4. The maximum atomic E-state index is 12.3. The van der Waals surface area contributed by atoms with Crippen LogP contribution in [0.3, 0.4) is 0 Å². The molecular formula is C21H32N2O3. The number of nitrogens with zero attached hydrogens (tertiary/aromatic N) is 1. The Balaban J connectivity index is 1.93. The minimum absolute atomic E-state index is 0.0580. The molecular weight excluding hydrogens is 328 g/mol. The quantitative estimate of drug-likeness (QED) is 0.513. The molecule has 2 rings (SSSR count). The number of hydrogen-bond acceptors (Lipinski definition) is 4. The molecule has 5 heteroatoms. The van der Waals surface area contributed by atoms with Crippen molar-refractivity contribution in [3.8, 4) is 0 Å². The van der Waals surface area contributed by atoms with Crippen LogP contribution < -0.4 is 10.4 Å². The molecule has 1 aliphatic heterocycles. The first-order valence-corrected chi connectivity index (χ1v) is 9.94. The van der Waals surface area contributed by atoms with Crippen molar-refractivity contribution < 1.29 is 14.4 Å². The summed E-state index contributed by atoms with van der Waals surface area (Å²) in [5, 5.41) is 0. The molecule has 1 N–H and O–H groups in total. The Morgan fingerprint density at radius 1 is 1.15 bits per heavy atom. The van der Waals surface area contributed by atoms with Gasteiger partial charge in [-0.05, 0) is 31.4 Å². The van der Waals surface area contributed by atoms with E-state index in [4.69, 9.17) is 4.84 Å². The lowest BCUT2D eigenvalue weighted by molar-refractivity contribution is -0.153. The van der Waals surface area contributed by atoms with E-state index in [1.807, 2.05) is 43.0 Å². The van der Waals surface area contributed by atoms with Gasteiger partial charge in [-0.25, -0.2) is 0 Å². The highest BCUT2D eigenvalue weighted by molar-refractivity contribution is 5.95. The van der Waals surface area contributed by atoms with Crippen LogP contribution in [0, 0.1) is 0 Å². The van der Waals surface area contributed by atoms with Crippen LogP contribution >= 0.6 is 0 Å². The Hall–Kier alpha value is -1.88. The lowest BCUT2D eigenvalue weighted by atomic mass is 9.92. The maximum absolute atomic E-state index is 12.3. The highest BCUT2D eigenvalue weighted by Crippen LogP contribution is 2.37. The van der Waals surface area contributed by atoms with Crippen LogP contribution in [0.25, 0.3) is 0 Å². The Morgan fingerprint density at radius 2 is 1.88 bits per heavy atom. The van der Waals surface area contributed by atoms with Gasteiger partial charge in [0.2, 0.25) is 5.91 Å². The van der Waals surface area contributed by atoms with Crippen molar-refractivity contribution in [2.24, 2.45) is 0 Å². The highest BCUT2D eigenvalue weighted by Gasteiger charge is 2.33. The van der Waals surface area contributed by atoms with E-state index in [0.29, 0.717) is 19.3 Å². The number of rotatable bonds is 9. The molecule has 5 nitrogen and oxygen atoms in total. The smallest absolute Gasteiger partial charge is 0.324 e. The summed E-state index contributed by atoms with van der Waals surface area (Å²) < 4.78 is 0. The number of hydrogen-bond donors (Lipinski definition) is 1.